The lowest BCUT2D eigenvalue weighted by Crippen LogP contribution is -2.36. The molecule has 0 aliphatic carbocycles. The van der Waals surface area contributed by atoms with Crippen LogP contribution in [0.15, 0.2) is 88.4 Å². The molecule has 2 aromatic carbocycles. The minimum atomic E-state index is 0.540. The number of pyridine rings is 1. The fourth-order valence-electron chi connectivity index (χ4n) is 4.43. The van der Waals surface area contributed by atoms with Crippen molar-refractivity contribution in [2.75, 3.05) is 32.8 Å². The molecule has 2 aromatic heterocycles. The highest BCUT2D eigenvalue weighted by Gasteiger charge is 2.20. The molecule has 2 aliphatic rings. The Kier molecular flexibility index (Phi) is 5.26. The zero-order valence-corrected chi connectivity index (χ0v) is 18.3. The third-order valence-electron chi connectivity index (χ3n) is 6.24. The van der Waals surface area contributed by atoms with Crippen molar-refractivity contribution < 1.29 is 4.74 Å². The zero-order valence-electron chi connectivity index (χ0n) is 18.3. The number of hydrogen-bond acceptors (Lipinski definition) is 6. The summed E-state index contributed by atoms with van der Waals surface area (Å²) in [6, 6.07) is 23.2. The number of morpholine rings is 1. The van der Waals surface area contributed by atoms with Crippen LogP contribution in [0.2, 0.25) is 0 Å². The van der Waals surface area contributed by atoms with Gasteiger partial charge in [0.15, 0.2) is 0 Å². The predicted molar refractivity (Wildman–Crippen MR) is 128 cm³/mol. The van der Waals surface area contributed by atoms with Crippen LogP contribution >= 0.6 is 0 Å². The van der Waals surface area contributed by atoms with E-state index in [1.165, 1.54) is 16.8 Å². The van der Waals surface area contributed by atoms with E-state index in [4.69, 9.17) is 9.72 Å². The lowest BCUT2D eigenvalue weighted by molar-refractivity contribution is 0.0336. The maximum atomic E-state index is 5.57. The molecule has 7 heteroatoms. The fraction of sp³-hybridized carbons (Fsp3) is 0.231. The van der Waals surface area contributed by atoms with Crippen molar-refractivity contribution in [3.8, 4) is 22.4 Å². The molecular weight excluding hydrogens is 412 g/mol. The Morgan fingerprint density at radius 1 is 0.788 bits per heavy atom. The van der Waals surface area contributed by atoms with Crippen molar-refractivity contribution in [3.63, 3.8) is 0 Å². The Hall–Kier alpha value is -3.68. The average Bonchev–Trinajstić information content (AvgIpc) is 3.54. The molecule has 4 aromatic rings. The Balaban J connectivity index is 1.43. The summed E-state index contributed by atoms with van der Waals surface area (Å²) in [5.41, 5.74) is 8.59. The van der Waals surface area contributed by atoms with Gasteiger partial charge >= 0.3 is 0 Å². The van der Waals surface area contributed by atoms with Gasteiger partial charge in [0, 0.05) is 31.4 Å². The summed E-state index contributed by atoms with van der Waals surface area (Å²) < 4.78 is 7.82. The van der Waals surface area contributed by atoms with Crippen LogP contribution in [0.4, 0.5) is 0 Å². The normalized spacial score (nSPS) is 16.4. The molecule has 2 aliphatic heterocycles. The van der Waals surface area contributed by atoms with Crippen LogP contribution in [0.25, 0.3) is 28.0 Å². The van der Waals surface area contributed by atoms with E-state index >= 15 is 0 Å². The number of fused-ring (bicyclic) bond motifs is 1. The van der Waals surface area contributed by atoms with Crippen molar-refractivity contribution in [1.29, 1.82) is 0 Å². The van der Waals surface area contributed by atoms with E-state index in [-0.39, 0.29) is 0 Å². The molecule has 0 radical (unpaired) electrons. The maximum absolute atomic E-state index is 5.57. The first-order valence-corrected chi connectivity index (χ1v) is 11.3. The van der Waals surface area contributed by atoms with Crippen LogP contribution < -0.4 is 0 Å². The van der Waals surface area contributed by atoms with E-state index in [2.05, 4.69) is 91.6 Å². The van der Waals surface area contributed by atoms with Gasteiger partial charge in [0.25, 0.3) is 0 Å². The SMILES string of the molecule is c1ccc(-c2ccc3nc(-c4ccc(C5=NN=NC5)cc4)c(CN4CCOCC4)n3c2)cc1. The van der Waals surface area contributed by atoms with Gasteiger partial charge in [-0.2, -0.15) is 5.11 Å². The van der Waals surface area contributed by atoms with Crippen molar-refractivity contribution in [1.82, 2.24) is 14.3 Å². The second-order valence-corrected chi connectivity index (χ2v) is 8.32. The highest BCUT2D eigenvalue weighted by molar-refractivity contribution is 6.02. The van der Waals surface area contributed by atoms with E-state index in [0.717, 1.165) is 61.0 Å². The molecule has 164 valence electrons. The van der Waals surface area contributed by atoms with Gasteiger partial charge in [0.05, 0.1) is 30.3 Å². The van der Waals surface area contributed by atoms with E-state index in [9.17, 15) is 0 Å². The summed E-state index contributed by atoms with van der Waals surface area (Å²) in [5, 5.41) is 11.8. The Morgan fingerprint density at radius 2 is 1.55 bits per heavy atom. The molecule has 0 unspecified atom stereocenters. The minimum absolute atomic E-state index is 0.540. The van der Waals surface area contributed by atoms with Crippen molar-refractivity contribution >= 4 is 11.4 Å². The van der Waals surface area contributed by atoms with Crippen molar-refractivity contribution in [3.05, 3.63) is 84.2 Å². The smallest absolute Gasteiger partial charge is 0.137 e. The lowest BCUT2D eigenvalue weighted by atomic mass is 10.0. The van der Waals surface area contributed by atoms with E-state index in [1.807, 2.05) is 6.07 Å². The third kappa shape index (κ3) is 3.97. The Bertz CT molecular complexity index is 1330. The molecule has 6 rings (SSSR count). The Morgan fingerprint density at radius 3 is 2.30 bits per heavy atom. The van der Waals surface area contributed by atoms with Gasteiger partial charge in [0.1, 0.15) is 12.2 Å². The number of imidazole rings is 1. The fourth-order valence-corrected chi connectivity index (χ4v) is 4.43. The first-order valence-electron chi connectivity index (χ1n) is 11.3. The van der Waals surface area contributed by atoms with Crippen LogP contribution in [0.5, 0.6) is 0 Å². The summed E-state index contributed by atoms with van der Waals surface area (Å²) in [6.07, 6.45) is 2.21. The molecular formula is C26H24N6O. The van der Waals surface area contributed by atoms with Crippen LogP contribution in [0.3, 0.4) is 0 Å². The first kappa shape index (κ1) is 20.0. The third-order valence-corrected chi connectivity index (χ3v) is 6.24. The summed E-state index contributed by atoms with van der Waals surface area (Å²) in [4.78, 5) is 7.49. The number of ether oxygens (including phenoxy) is 1. The molecule has 33 heavy (non-hydrogen) atoms. The summed E-state index contributed by atoms with van der Waals surface area (Å²) in [5.74, 6) is 0. The molecule has 0 N–H and O–H groups in total. The largest absolute Gasteiger partial charge is 0.379 e. The first-order chi connectivity index (χ1) is 16.3. The molecule has 0 amide bonds. The van der Waals surface area contributed by atoms with Gasteiger partial charge in [-0.1, -0.05) is 54.6 Å². The van der Waals surface area contributed by atoms with Crippen LogP contribution in [-0.4, -0.2) is 52.8 Å². The molecule has 7 nitrogen and oxygen atoms in total. The van der Waals surface area contributed by atoms with Gasteiger partial charge < -0.3 is 9.14 Å². The molecule has 1 saturated heterocycles. The number of nitrogens with zero attached hydrogens (tertiary/aromatic N) is 6. The van der Waals surface area contributed by atoms with E-state index in [0.29, 0.717) is 6.54 Å². The highest BCUT2D eigenvalue weighted by Crippen LogP contribution is 2.29. The van der Waals surface area contributed by atoms with Crippen LogP contribution in [0.1, 0.15) is 11.3 Å². The predicted octanol–water partition coefficient (Wildman–Crippen LogP) is 4.67. The van der Waals surface area contributed by atoms with E-state index < -0.39 is 0 Å². The highest BCUT2D eigenvalue weighted by atomic mass is 16.5. The van der Waals surface area contributed by atoms with Crippen molar-refractivity contribution in [2.45, 2.75) is 6.54 Å². The second kappa shape index (κ2) is 8.69. The number of aromatic nitrogens is 2. The summed E-state index contributed by atoms with van der Waals surface area (Å²) in [7, 11) is 0. The van der Waals surface area contributed by atoms with Crippen LogP contribution in [-0.2, 0) is 11.3 Å². The minimum Gasteiger partial charge on any atom is -0.379 e. The number of benzene rings is 2. The quantitative estimate of drug-likeness (QED) is 0.457. The molecule has 0 atom stereocenters. The lowest BCUT2D eigenvalue weighted by Gasteiger charge is -2.26. The topological polar surface area (TPSA) is 66.8 Å². The standard InChI is InChI=1S/C26H24N6O/c1-2-4-19(5-3-1)22-10-11-25-28-26(21-8-6-20(7-9-21)23-16-27-30-29-23)24(32(25)17-22)18-31-12-14-33-15-13-31/h1-11,17H,12-16,18H2. The molecule has 0 saturated carbocycles. The molecule has 0 spiro atoms. The maximum Gasteiger partial charge on any atom is 0.137 e. The van der Waals surface area contributed by atoms with Gasteiger partial charge in [-0.05, 0) is 34.0 Å². The Labute approximate surface area is 192 Å². The summed E-state index contributed by atoms with van der Waals surface area (Å²) in [6.45, 7) is 4.76. The van der Waals surface area contributed by atoms with Gasteiger partial charge in [-0.15, -0.1) is 5.10 Å². The number of hydrogen-bond donors (Lipinski definition) is 0. The average molecular weight is 437 g/mol. The molecule has 1 fully saturated rings. The van der Waals surface area contributed by atoms with Gasteiger partial charge in [-0.25, -0.2) is 4.98 Å². The van der Waals surface area contributed by atoms with Gasteiger partial charge in [-0.3, -0.25) is 4.90 Å². The number of rotatable bonds is 5. The van der Waals surface area contributed by atoms with E-state index in [1.54, 1.807) is 0 Å². The van der Waals surface area contributed by atoms with Crippen molar-refractivity contribution in [2.24, 2.45) is 15.4 Å². The molecule has 0 bridgehead atoms. The van der Waals surface area contributed by atoms with Gasteiger partial charge in [0.2, 0.25) is 0 Å². The monoisotopic (exact) mass is 436 g/mol. The molecule has 4 heterocycles. The zero-order chi connectivity index (χ0) is 22.0. The summed E-state index contributed by atoms with van der Waals surface area (Å²) >= 11 is 0. The second-order valence-electron chi connectivity index (χ2n) is 8.32. The van der Waals surface area contributed by atoms with Crippen LogP contribution in [0, 0.1) is 0 Å².